The number of likely N-dealkylation sites (tertiary alicyclic amines) is 1. The van der Waals surface area contributed by atoms with Crippen molar-refractivity contribution < 1.29 is 19.8 Å². The van der Waals surface area contributed by atoms with Crippen LogP contribution in [0.5, 0.6) is 11.5 Å². The van der Waals surface area contributed by atoms with E-state index in [2.05, 4.69) is 10.1 Å². The van der Waals surface area contributed by atoms with Gasteiger partial charge in [0.05, 0.1) is 16.7 Å². The molecule has 5 aliphatic rings. The second-order valence-electron chi connectivity index (χ2n) is 11.0. The molecule has 6 heteroatoms. The Morgan fingerprint density at radius 3 is 2.80 bits per heavy atom. The molecule has 1 saturated heterocycles. The van der Waals surface area contributed by atoms with Crippen molar-refractivity contribution >= 4 is 5.71 Å². The minimum atomic E-state index is -0.877. The number of benzene rings is 1. The minimum absolute atomic E-state index is 0.0889. The number of hydrogen-bond donors (Lipinski definition) is 2. The van der Waals surface area contributed by atoms with Gasteiger partial charge in [0.2, 0.25) is 0 Å². The normalized spacial score (nSPS) is 38.3. The van der Waals surface area contributed by atoms with Gasteiger partial charge in [-0.2, -0.15) is 0 Å². The number of rotatable bonds is 3. The Kier molecular flexibility index (Phi) is 3.73. The number of aromatic hydroxyl groups is 1. The van der Waals surface area contributed by atoms with Gasteiger partial charge in [0.1, 0.15) is 5.60 Å². The number of phenols is 1. The van der Waals surface area contributed by atoms with Gasteiger partial charge in [-0.1, -0.05) is 11.2 Å². The van der Waals surface area contributed by atoms with Gasteiger partial charge in [-0.3, -0.25) is 4.90 Å². The molecular formula is C24H32N2O4. The lowest BCUT2D eigenvalue weighted by molar-refractivity contribution is -0.167. The van der Waals surface area contributed by atoms with Crippen LogP contribution in [0.1, 0.15) is 64.0 Å². The lowest BCUT2D eigenvalue weighted by Gasteiger charge is -2.63. The molecule has 3 aliphatic carbocycles. The Balaban J connectivity index is 1.49. The number of oxime groups is 1. The van der Waals surface area contributed by atoms with Crippen LogP contribution in [0.2, 0.25) is 0 Å². The van der Waals surface area contributed by atoms with Crippen molar-refractivity contribution in [1.82, 2.24) is 4.90 Å². The van der Waals surface area contributed by atoms with Gasteiger partial charge >= 0.3 is 0 Å². The van der Waals surface area contributed by atoms with Gasteiger partial charge in [0.15, 0.2) is 17.6 Å². The molecule has 0 unspecified atom stereocenters. The van der Waals surface area contributed by atoms with Gasteiger partial charge in [0, 0.05) is 18.2 Å². The highest BCUT2D eigenvalue weighted by Crippen LogP contribution is 2.65. The van der Waals surface area contributed by atoms with E-state index >= 15 is 0 Å². The summed E-state index contributed by atoms with van der Waals surface area (Å²) < 4.78 is 6.44. The van der Waals surface area contributed by atoms with Gasteiger partial charge < -0.3 is 19.8 Å². The first-order chi connectivity index (χ1) is 14.2. The molecule has 2 bridgehead atoms. The second-order valence-corrected chi connectivity index (χ2v) is 11.0. The average molecular weight is 413 g/mol. The standard InChI is InChI=1S/C24H32N2O4/c1-22(2,3)30-25-16-8-9-24(28)18-12-15-6-7-17(27)20-19(15)23(24,21(16)29-20)10-11-26(18)13-14-4-5-14/h6-7,14,18,21,27-28H,4-5,8-13H2,1-3H3/b25-16+/t18-,21+,23+,24-/m1/s1. The van der Waals surface area contributed by atoms with Crippen LogP contribution in [0.25, 0.3) is 0 Å². The molecule has 6 nitrogen and oxygen atoms in total. The van der Waals surface area contributed by atoms with E-state index in [9.17, 15) is 10.2 Å². The number of aliphatic hydroxyl groups is 1. The van der Waals surface area contributed by atoms with Crippen molar-refractivity contribution in [2.24, 2.45) is 11.1 Å². The molecule has 1 spiro atoms. The second kappa shape index (κ2) is 5.92. The molecule has 0 amide bonds. The van der Waals surface area contributed by atoms with E-state index in [0.717, 1.165) is 43.1 Å². The van der Waals surface area contributed by atoms with Crippen LogP contribution < -0.4 is 4.74 Å². The van der Waals surface area contributed by atoms with Crippen molar-refractivity contribution in [2.75, 3.05) is 13.1 Å². The first-order valence-electron chi connectivity index (χ1n) is 11.5. The summed E-state index contributed by atoms with van der Waals surface area (Å²) in [6.07, 6.45) is 5.18. The molecule has 2 heterocycles. The summed E-state index contributed by atoms with van der Waals surface area (Å²) in [6.45, 7) is 7.98. The van der Waals surface area contributed by atoms with Crippen molar-refractivity contribution in [3.8, 4) is 11.5 Å². The van der Waals surface area contributed by atoms with Crippen molar-refractivity contribution in [2.45, 2.75) is 88.1 Å². The fourth-order valence-electron chi connectivity index (χ4n) is 6.57. The number of phenolic OH excluding ortho intramolecular Hbond substituents is 1. The quantitative estimate of drug-likeness (QED) is 0.746. The lowest BCUT2D eigenvalue weighted by Crippen LogP contribution is -2.76. The van der Waals surface area contributed by atoms with Crippen LogP contribution in [0.3, 0.4) is 0 Å². The number of ether oxygens (including phenoxy) is 1. The molecular weight excluding hydrogens is 380 g/mol. The maximum atomic E-state index is 12.4. The summed E-state index contributed by atoms with van der Waals surface area (Å²) in [7, 11) is 0. The van der Waals surface area contributed by atoms with E-state index in [-0.39, 0.29) is 23.5 Å². The van der Waals surface area contributed by atoms with E-state index in [4.69, 9.17) is 9.57 Å². The first kappa shape index (κ1) is 18.9. The summed E-state index contributed by atoms with van der Waals surface area (Å²) in [4.78, 5) is 8.34. The number of piperidine rings is 1. The molecule has 2 aliphatic heterocycles. The molecule has 2 saturated carbocycles. The van der Waals surface area contributed by atoms with Crippen LogP contribution in [0.4, 0.5) is 0 Å². The van der Waals surface area contributed by atoms with Gasteiger partial charge in [-0.25, -0.2) is 0 Å². The van der Waals surface area contributed by atoms with Crippen LogP contribution in [-0.4, -0.2) is 57.3 Å². The number of hydrogen-bond acceptors (Lipinski definition) is 6. The van der Waals surface area contributed by atoms with E-state index in [0.29, 0.717) is 18.6 Å². The third kappa shape index (κ3) is 2.41. The minimum Gasteiger partial charge on any atom is -0.504 e. The van der Waals surface area contributed by atoms with E-state index in [1.807, 2.05) is 26.8 Å². The molecule has 162 valence electrons. The zero-order chi connectivity index (χ0) is 20.9. The highest BCUT2D eigenvalue weighted by Gasteiger charge is 2.72. The lowest BCUT2D eigenvalue weighted by atomic mass is 9.49. The Hall–Kier alpha value is -1.79. The highest BCUT2D eigenvalue weighted by atomic mass is 16.6. The summed E-state index contributed by atoms with van der Waals surface area (Å²) >= 11 is 0. The van der Waals surface area contributed by atoms with Crippen LogP contribution in [0, 0.1) is 5.92 Å². The number of nitrogens with zero attached hydrogens (tertiary/aromatic N) is 2. The Bertz CT molecular complexity index is 934. The third-order valence-electron chi connectivity index (χ3n) is 8.02. The molecule has 6 rings (SSSR count). The van der Waals surface area contributed by atoms with Crippen LogP contribution >= 0.6 is 0 Å². The van der Waals surface area contributed by atoms with Crippen LogP contribution in [0.15, 0.2) is 17.3 Å². The molecule has 4 atom stereocenters. The van der Waals surface area contributed by atoms with Crippen molar-refractivity contribution in [1.29, 1.82) is 0 Å². The molecule has 0 aromatic heterocycles. The van der Waals surface area contributed by atoms with Crippen molar-refractivity contribution in [3.05, 3.63) is 23.3 Å². The fraction of sp³-hybridized carbons (Fsp3) is 0.708. The van der Waals surface area contributed by atoms with E-state index < -0.39 is 11.0 Å². The van der Waals surface area contributed by atoms with Gasteiger partial charge in [-0.05, 0) is 83.4 Å². The maximum Gasteiger partial charge on any atom is 0.166 e. The predicted molar refractivity (Wildman–Crippen MR) is 113 cm³/mol. The topological polar surface area (TPSA) is 74.5 Å². The predicted octanol–water partition coefficient (Wildman–Crippen LogP) is 3.13. The first-order valence-corrected chi connectivity index (χ1v) is 11.5. The molecule has 1 aromatic carbocycles. The summed E-state index contributed by atoms with van der Waals surface area (Å²) in [5.41, 5.74) is 1.27. The monoisotopic (exact) mass is 412 g/mol. The Morgan fingerprint density at radius 1 is 1.27 bits per heavy atom. The van der Waals surface area contributed by atoms with Crippen LogP contribution in [-0.2, 0) is 16.7 Å². The fourth-order valence-corrected chi connectivity index (χ4v) is 6.57. The summed E-state index contributed by atoms with van der Waals surface area (Å²) in [5.74, 6) is 1.50. The Labute approximate surface area is 177 Å². The maximum absolute atomic E-state index is 12.4. The molecule has 3 fully saturated rings. The van der Waals surface area contributed by atoms with Gasteiger partial charge in [-0.15, -0.1) is 0 Å². The smallest absolute Gasteiger partial charge is 0.166 e. The van der Waals surface area contributed by atoms with E-state index in [1.165, 1.54) is 18.4 Å². The molecule has 1 aromatic rings. The summed E-state index contributed by atoms with van der Waals surface area (Å²) in [5, 5.41) is 27.5. The Morgan fingerprint density at radius 2 is 2.07 bits per heavy atom. The molecule has 2 N–H and O–H groups in total. The highest BCUT2D eigenvalue weighted by molar-refractivity contribution is 5.94. The summed E-state index contributed by atoms with van der Waals surface area (Å²) in [6, 6.07) is 3.87. The zero-order valence-electron chi connectivity index (χ0n) is 18.1. The third-order valence-corrected chi connectivity index (χ3v) is 8.02. The zero-order valence-corrected chi connectivity index (χ0v) is 18.1. The van der Waals surface area contributed by atoms with Crippen molar-refractivity contribution in [3.63, 3.8) is 0 Å². The largest absolute Gasteiger partial charge is 0.504 e. The average Bonchev–Trinajstić information content (AvgIpc) is 3.41. The van der Waals surface area contributed by atoms with E-state index in [1.54, 1.807) is 6.07 Å². The van der Waals surface area contributed by atoms with Gasteiger partial charge in [0.25, 0.3) is 0 Å². The molecule has 0 radical (unpaired) electrons. The molecule has 30 heavy (non-hydrogen) atoms. The SMILES string of the molecule is CC(C)(C)O/N=C1\CC[C@@]2(O)[C@H]3Cc4ccc(O)c5c4[C@@]2(CCN3CC2CC2)[C@H]1O5.